The molecule has 0 spiro atoms. The minimum Gasteiger partial charge on any atom is -0.464 e. The molecular weight excluding hydrogens is 553 g/mol. The van der Waals surface area contributed by atoms with Gasteiger partial charge in [0.25, 0.3) is 0 Å². The van der Waals surface area contributed by atoms with Crippen LogP contribution < -0.4 is 15.3 Å². The summed E-state index contributed by atoms with van der Waals surface area (Å²) < 4.78 is 38.4. The number of fused-ring (bicyclic) bond motifs is 1. The van der Waals surface area contributed by atoms with E-state index >= 15 is 0 Å². The Morgan fingerprint density at radius 1 is 1.22 bits per heavy atom. The Bertz CT molecular complexity index is 1370. The van der Waals surface area contributed by atoms with Crippen LogP contribution in [0.25, 0.3) is 5.52 Å². The highest BCUT2D eigenvalue weighted by atomic mass is 31.2. The SMILES string of the molecule is CCC(CC)COC(=O)[C@H](C)N[P@](=O)(OC[C@@]1(C)O[C@@H](c2ccc3c(N)ncnn23)[C@H](O)[C@@H]1O)Oc1ccccc1. The number of aliphatic hydroxyl groups excluding tert-OH is 2. The van der Waals surface area contributed by atoms with Gasteiger partial charge < -0.3 is 29.9 Å². The Morgan fingerprint density at radius 3 is 2.61 bits per heavy atom. The second kappa shape index (κ2) is 12.8. The van der Waals surface area contributed by atoms with Crippen molar-refractivity contribution in [3.8, 4) is 5.75 Å². The molecule has 0 unspecified atom stereocenters. The maximum absolute atomic E-state index is 14.0. The highest BCUT2D eigenvalue weighted by Gasteiger charge is 2.54. The van der Waals surface area contributed by atoms with Gasteiger partial charge in [0.05, 0.1) is 18.9 Å². The molecule has 6 atom stereocenters. The smallest absolute Gasteiger partial charge is 0.459 e. The number of benzene rings is 1. The van der Waals surface area contributed by atoms with Gasteiger partial charge in [-0.2, -0.15) is 10.2 Å². The first kappa shape index (κ1) is 30.9. The predicted octanol–water partition coefficient (Wildman–Crippen LogP) is 3.02. The van der Waals surface area contributed by atoms with Gasteiger partial charge in [0.1, 0.15) is 47.5 Å². The number of nitrogens with two attached hydrogens (primary N) is 1. The summed E-state index contributed by atoms with van der Waals surface area (Å²) in [5.74, 6) is 0.0742. The molecule has 13 nitrogen and oxygen atoms in total. The minimum absolute atomic E-state index is 0.218. The first-order valence-corrected chi connectivity index (χ1v) is 15.1. The highest BCUT2D eigenvalue weighted by molar-refractivity contribution is 7.52. The van der Waals surface area contributed by atoms with E-state index in [1.165, 1.54) is 24.7 Å². The number of anilines is 1. The Balaban J connectivity index is 1.51. The van der Waals surface area contributed by atoms with Crippen LogP contribution in [0.4, 0.5) is 5.82 Å². The number of para-hydroxylation sites is 1. The van der Waals surface area contributed by atoms with Gasteiger partial charge in [-0.3, -0.25) is 9.32 Å². The summed E-state index contributed by atoms with van der Waals surface area (Å²) in [6.45, 7) is 6.82. The number of ether oxygens (including phenoxy) is 2. The van der Waals surface area contributed by atoms with E-state index in [2.05, 4.69) is 15.2 Å². The monoisotopic (exact) mass is 591 g/mol. The summed E-state index contributed by atoms with van der Waals surface area (Å²) in [5.41, 5.74) is 5.33. The molecule has 0 saturated carbocycles. The Hall–Kier alpha value is -3.06. The van der Waals surface area contributed by atoms with E-state index in [-0.39, 0.29) is 24.1 Å². The van der Waals surface area contributed by atoms with Crippen LogP contribution in [0.1, 0.15) is 52.3 Å². The van der Waals surface area contributed by atoms with Crippen molar-refractivity contribution in [3.05, 3.63) is 54.5 Å². The fraction of sp³-hybridized carbons (Fsp3) is 0.519. The Morgan fingerprint density at radius 2 is 1.93 bits per heavy atom. The molecule has 4 rings (SSSR count). The van der Waals surface area contributed by atoms with Gasteiger partial charge in [-0.25, -0.2) is 14.1 Å². The van der Waals surface area contributed by atoms with Gasteiger partial charge in [0, 0.05) is 0 Å². The maximum Gasteiger partial charge on any atom is 0.459 e. The zero-order valence-corrected chi connectivity index (χ0v) is 24.4. The minimum atomic E-state index is -4.25. The number of hydrogen-bond acceptors (Lipinski definition) is 11. The van der Waals surface area contributed by atoms with E-state index in [0.717, 1.165) is 12.8 Å². The summed E-state index contributed by atoms with van der Waals surface area (Å²) in [7, 11) is -4.25. The molecule has 2 aromatic heterocycles. The Kier molecular flexibility index (Phi) is 9.68. The highest BCUT2D eigenvalue weighted by Crippen LogP contribution is 2.48. The molecule has 5 N–H and O–H groups in total. The zero-order valence-electron chi connectivity index (χ0n) is 23.5. The van der Waals surface area contributed by atoms with Crippen LogP contribution in [0.3, 0.4) is 0 Å². The normalized spacial score (nSPS) is 24.8. The molecule has 1 aliphatic rings. The van der Waals surface area contributed by atoms with Crippen molar-refractivity contribution in [3.63, 3.8) is 0 Å². The van der Waals surface area contributed by atoms with Gasteiger partial charge in [0.15, 0.2) is 5.82 Å². The lowest BCUT2D eigenvalue weighted by Gasteiger charge is -2.30. The zero-order chi connectivity index (χ0) is 29.8. The number of hydrogen-bond donors (Lipinski definition) is 4. The average molecular weight is 592 g/mol. The van der Waals surface area contributed by atoms with Crippen molar-refractivity contribution < 1.29 is 38.1 Å². The summed E-state index contributed by atoms with van der Waals surface area (Å²) in [6.07, 6.45) is -0.846. The molecule has 0 radical (unpaired) electrons. The Labute approximate surface area is 238 Å². The number of nitrogens with one attached hydrogen (secondary N) is 1. The van der Waals surface area contributed by atoms with Crippen LogP contribution >= 0.6 is 7.75 Å². The van der Waals surface area contributed by atoms with Crippen molar-refractivity contribution in [2.45, 2.75) is 70.5 Å². The summed E-state index contributed by atoms with van der Waals surface area (Å²) in [5, 5.41) is 28.7. The number of carbonyl (C=O) groups excluding carboxylic acids is 1. The molecule has 0 amide bonds. The van der Waals surface area contributed by atoms with Crippen molar-refractivity contribution >= 4 is 25.1 Å². The second-order valence-electron chi connectivity index (χ2n) is 10.3. The molecule has 3 heterocycles. The second-order valence-corrected chi connectivity index (χ2v) is 12.0. The third-order valence-electron chi connectivity index (χ3n) is 7.27. The molecule has 1 aromatic carbocycles. The molecule has 14 heteroatoms. The van der Waals surface area contributed by atoms with Crippen molar-refractivity contribution in [2.24, 2.45) is 5.92 Å². The predicted molar refractivity (Wildman–Crippen MR) is 150 cm³/mol. The number of carbonyl (C=O) groups is 1. The number of nitrogen functional groups attached to an aromatic ring is 1. The van der Waals surface area contributed by atoms with E-state index in [1.807, 2.05) is 13.8 Å². The molecule has 3 aromatic rings. The van der Waals surface area contributed by atoms with Gasteiger partial charge >= 0.3 is 13.7 Å². The van der Waals surface area contributed by atoms with Gasteiger partial charge in [-0.15, -0.1) is 0 Å². The first-order chi connectivity index (χ1) is 19.5. The van der Waals surface area contributed by atoms with Gasteiger partial charge in [0.2, 0.25) is 0 Å². The van der Waals surface area contributed by atoms with Crippen LogP contribution in [0, 0.1) is 5.92 Å². The topological polar surface area (TPSA) is 180 Å². The van der Waals surface area contributed by atoms with Crippen LogP contribution in [0.15, 0.2) is 48.8 Å². The van der Waals surface area contributed by atoms with Crippen LogP contribution in [-0.2, 0) is 23.4 Å². The van der Waals surface area contributed by atoms with Crippen molar-refractivity contribution in [2.75, 3.05) is 18.9 Å². The van der Waals surface area contributed by atoms with Crippen LogP contribution in [-0.4, -0.2) is 67.8 Å². The van der Waals surface area contributed by atoms with E-state index in [9.17, 15) is 19.6 Å². The fourth-order valence-electron chi connectivity index (χ4n) is 4.56. The van der Waals surface area contributed by atoms with E-state index in [4.69, 9.17) is 24.3 Å². The molecule has 0 bridgehead atoms. The van der Waals surface area contributed by atoms with E-state index in [1.54, 1.807) is 42.5 Å². The van der Waals surface area contributed by atoms with E-state index < -0.39 is 50.3 Å². The molecule has 1 aliphatic heterocycles. The number of aliphatic hydroxyl groups is 2. The summed E-state index contributed by atoms with van der Waals surface area (Å²) >= 11 is 0. The summed E-state index contributed by atoms with van der Waals surface area (Å²) in [4.78, 5) is 16.7. The number of nitrogens with zero attached hydrogens (tertiary/aromatic N) is 3. The molecule has 1 saturated heterocycles. The number of rotatable bonds is 13. The third-order valence-corrected chi connectivity index (χ3v) is 8.89. The lowest BCUT2D eigenvalue weighted by atomic mass is 9.97. The van der Waals surface area contributed by atoms with E-state index in [0.29, 0.717) is 11.2 Å². The van der Waals surface area contributed by atoms with Crippen molar-refractivity contribution in [1.82, 2.24) is 19.7 Å². The fourth-order valence-corrected chi connectivity index (χ4v) is 6.15. The number of aromatic nitrogens is 3. The first-order valence-electron chi connectivity index (χ1n) is 13.6. The molecule has 41 heavy (non-hydrogen) atoms. The molecule has 0 aliphatic carbocycles. The molecular formula is C27H38N5O8P. The lowest BCUT2D eigenvalue weighted by molar-refractivity contribution is -0.146. The van der Waals surface area contributed by atoms with Crippen LogP contribution in [0.5, 0.6) is 5.75 Å². The molecule has 224 valence electrons. The van der Waals surface area contributed by atoms with Crippen molar-refractivity contribution in [1.29, 1.82) is 0 Å². The standard InChI is InChI=1S/C27H38N5O8P/c1-5-18(6-2)14-37-26(35)17(3)31-41(36,40-19-10-8-7-9-11-19)38-15-27(4)24(34)22(33)23(39-27)20-12-13-21-25(28)29-16-30-32(20)21/h7-13,16-18,22-24,33-34H,5-6,14-15H2,1-4H3,(H,31,36)(H2,28,29,30)/t17-,22-,23-,24-,27+,41-/m0/s1. The largest absolute Gasteiger partial charge is 0.464 e. The van der Waals surface area contributed by atoms with Gasteiger partial charge in [-0.05, 0) is 44.0 Å². The number of esters is 1. The van der Waals surface area contributed by atoms with Crippen LogP contribution in [0.2, 0.25) is 0 Å². The molecule has 1 fully saturated rings. The third kappa shape index (κ3) is 6.88. The average Bonchev–Trinajstić information content (AvgIpc) is 3.49. The maximum atomic E-state index is 14.0. The summed E-state index contributed by atoms with van der Waals surface area (Å²) in [6, 6.07) is 10.6. The van der Waals surface area contributed by atoms with Gasteiger partial charge in [-0.1, -0.05) is 44.9 Å². The quantitative estimate of drug-likeness (QED) is 0.169. The lowest BCUT2D eigenvalue weighted by Crippen LogP contribution is -2.45.